The van der Waals surface area contributed by atoms with Crippen molar-refractivity contribution < 1.29 is 26.3 Å². The highest BCUT2D eigenvalue weighted by molar-refractivity contribution is 7.92. The van der Waals surface area contributed by atoms with Gasteiger partial charge >= 0.3 is 6.18 Å². The quantitative estimate of drug-likeness (QED) is 0.836. The van der Waals surface area contributed by atoms with Gasteiger partial charge in [0.1, 0.15) is 5.82 Å². The van der Waals surface area contributed by atoms with Crippen LogP contribution in [-0.2, 0) is 27.5 Å². The van der Waals surface area contributed by atoms with Crippen LogP contribution in [-0.4, -0.2) is 20.0 Å². The zero-order valence-electron chi connectivity index (χ0n) is 13.6. The smallest absolute Gasteiger partial charge is 0.377 e. The van der Waals surface area contributed by atoms with E-state index in [0.717, 1.165) is 23.8 Å². The van der Waals surface area contributed by atoms with Crippen molar-refractivity contribution in [2.24, 2.45) is 0 Å². The van der Waals surface area contributed by atoms with Gasteiger partial charge in [0.05, 0.1) is 17.1 Å². The first-order valence-electron chi connectivity index (χ1n) is 7.38. The zero-order valence-corrected chi connectivity index (χ0v) is 14.4. The molecule has 0 unspecified atom stereocenters. The molecule has 0 saturated carbocycles. The number of pyridine rings is 1. The summed E-state index contributed by atoms with van der Waals surface area (Å²) in [5.41, 5.74) is 0.327. The van der Waals surface area contributed by atoms with Crippen LogP contribution in [0.4, 0.5) is 19.0 Å². The number of benzene rings is 1. The molecule has 0 atom stereocenters. The maximum atomic E-state index is 12.7. The molecule has 2 rings (SSSR count). The molecular weight excluding hydrogens is 357 g/mol. The average Bonchev–Trinajstić information content (AvgIpc) is 2.53. The zero-order chi connectivity index (χ0) is 18.7. The Morgan fingerprint density at radius 3 is 2.52 bits per heavy atom. The lowest BCUT2D eigenvalue weighted by Crippen LogP contribution is -2.16. The van der Waals surface area contributed by atoms with Crippen LogP contribution in [0.25, 0.3) is 0 Å². The van der Waals surface area contributed by atoms with E-state index < -0.39 is 26.7 Å². The Morgan fingerprint density at radius 2 is 1.92 bits per heavy atom. The standard InChI is InChI=1S/C16H17F3N2O3S/c1-3-24-10-12-7-8-15(20-11(12)2)21-25(22,23)14-6-4-5-13(9-14)16(17,18)19/h4-9H,3,10H2,1-2H3,(H,20,21). The molecule has 0 aliphatic carbocycles. The number of anilines is 1. The summed E-state index contributed by atoms with van der Waals surface area (Å²) < 4.78 is 70.3. The summed E-state index contributed by atoms with van der Waals surface area (Å²) in [6.07, 6.45) is -4.62. The number of halogens is 3. The molecule has 136 valence electrons. The minimum Gasteiger partial charge on any atom is -0.377 e. The van der Waals surface area contributed by atoms with Crippen LogP contribution in [0.3, 0.4) is 0 Å². The molecule has 1 aromatic heterocycles. The SMILES string of the molecule is CCOCc1ccc(NS(=O)(=O)c2cccc(C(F)(F)F)c2)nc1C. The highest BCUT2D eigenvalue weighted by atomic mass is 32.2. The van der Waals surface area contributed by atoms with E-state index in [1.807, 2.05) is 6.92 Å². The molecule has 0 aliphatic heterocycles. The molecule has 1 N–H and O–H groups in total. The first kappa shape index (κ1) is 19.2. The fourth-order valence-electron chi connectivity index (χ4n) is 2.05. The van der Waals surface area contributed by atoms with Gasteiger partial charge in [0.15, 0.2) is 0 Å². The topological polar surface area (TPSA) is 68.3 Å². The normalized spacial score (nSPS) is 12.2. The van der Waals surface area contributed by atoms with Crippen molar-refractivity contribution in [3.63, 3.8) is 0 Å². The third-order valence-corrected chi connectivity index (χ3v) is 4.72. The number of nitrogens with zero attached hydrogens (tertiary/aromatic N) is 1. The number of rotatable bonds is 6. The minimum atomic E-state index is -4.62. The Kier molecular flexibility index (Phi) is 5.69. The van der Waals surface area contributed by atoms with Crippen molar-refractivity contribution in [2.45, 2.75) is 31.5 Å². The van der Waals surface area contributed by atoms with Gasteiger partial charge in [-0.15, -0.1) is 0 Å². The average molecular weight is 374 g/mol. The summed E-state index contributed by atoms with van der Waals surface area (Å²) >= 11 is 0. The van der Waals surface area contributed by atoms with E-state index in [4.69, 9.17) is 4.74 Å². The molecule has 9 heteroatoms. The van der Waals surface area contributed by atoms with E-state index in [1.165, 1.54) is 6.07 Å². The van der Waals surface area contributed by atoms with Crippen molar-refractivity contribution in [1.82, 2.24) is 4.98 Å². The largest absolute Gasteiger partial charge is 0.416 e. The van der Waals surface area contributed by atoms with Crippen LogP contribution < -0.4 is 4.72 Å². The van der Waals surface area contributed by atoms with Gasteiger partial charge in [0.25, 0.3) is 10.0 Å². The van der Waals surface area contributed by atoms with E-state index in [-0.39, 0.29) is 5.82 Å². The van der Waals surface area contributed by atoms with Gasteiger partial charge in [-0.05, 0) is 43.7 Å². The third kappa shape index (κ3) is 4.93. The highest BCUT2D eigenvalue weighted by Gasteiger charge is 2.31. The van der Waals surface area contributed by atoms with Gasteiger partial charge in [-0.3, -0.25) is 4.72 Å². The molecule has 1 heterocycles. The molecule has 0 aliphatic rings. The van der Waals surface area contributed by atoms with Crippen LogP contribution >= 0.6 is 0 Å². The highest BCUT2D eigenvalue weighted by Crippen LogP contribution is 2.30. The van der Waals surface area contributed by atoms with Crippen molar-refractivity contribution >= 4 is 15.8 Å². The molecule has 0 fully saturated rings. The Bertz CT molecular complexity index is 852. The number of sulfonamides is 1. The Morgan fingerprint density at radius 1 is 1.20 bits per heavy atom. The van der Waals surface area contributed by atoms with Gasteiger partial charge < -0.3 is 4.74 Å². The van der Waals surface area contributed by atoms with Crippen LogP contribution in [0, 0.1) is 6.92 Å². The van der Waals surface area contributed by atoms with Gasteiger partial charge in [-0.25, -0.2) is 13.4 Å². The Labute approximate surface area is 143 Å². The predicted molar refractivity (Wildman–Crippen MR) is 86.6 cm³/mol. The van der Waals surface area contributed by atoms with E-state index in [9.17, 15) is 21.6 Å². The fourth-order valence-corrected chi connectivity index (χ4v) is 3.09. The maximum Gasteiger partial charge on any atom is 0.416 e. The van der Waals surface area contributed by atoms with Crippen molar-refractivity contribution in [2.75, 3.05) is 11.3 Å². The van der Waals surface area contributed by atoms with E-state index in [2.05, 4.69) is 9.71 Å². The molecule has 5 nitrogen and oxygen atoms in total. The fraction of sp³-hybridized carbons (Fsp3) is 0.312. The molecule has 0 bridgehead atoms. The minimum absolute atomic E-state index is 0.0233. The lowest BCUT2D eigenvalue weighted by Gasteiger charge is -2.12. The summed E-state index contributed by atoms with van der Waals surface area (Å²) in [5, 5.41) is 0. The molecule has 0 spiro atoms. The summed E-state index contributed by atoms with van der Waals surface area (Å²) in [4.78, 5) is 3.63. The molecule has 0 amide bonds. The summed E-state index contributed by atoms with van der Waals surface area (Å²) in [6, 6.07) is 6.62. The molecule has 25 heavy (non-hydrogen) atoms. The summed E-state index contributed by atoms with van der Waals surface area (Å²) in [6.45, 7) is 4.41. The van der Waals surface area contributed by atoms with E-state index >= 15 is 0 Å². The van der Waals surface area contributed by atoms with E-state index in [1.54, 1.807) is 13.0 Å². The van der Waals surface area contributed by atoms with E-state index in [0.29, 0.717) is 25.0 Å². The second kappa shape index (κ2) is 7.40. The second-order valence-corrected chi connectivity index (χ2v) is 6.89. The number of hydrogen-bond acceptors (Lipinski definition) is 4. The van der Waals surface area contributed by atoms with Crippen molar-refractivity contribution in [1.29, 1.82) is 0 Å². The molecular formula is C16H17F3N2O3S. The number of aromatic nitrogens is 1. The number of hydrogen-bond donors (Lipinski definition) is 1. The molecule has 0 saturated heterocycles. The monoisotopic (exact) mass is 374 g/mol. The van der Waals surface area contributed by atoms with Crippen molar-refractivity contribution in [3.8, 4) is 0 Å². The first-order chi connectivity index (χ1) is 11.6. The van der Waals surface area contributed by atoms with Crippen LogP contribution in [0.15, 0.2) is 41.3 Å². The summed E-state index contributed by atoms with van der Waals surface area (Å²) in [5.74, 6) is 0.0233. The first-order valence-corrected chi connectivity index (χ1v) is 8.86. The van der Waals surface area contributed by atoms with Gasteiger partial charge in [-0.2, -0.15) is 13.2 Å². The number of nitrogens with one attached hydrogen (secondary N) is 1. The molecule has 2 aromatic rings. The van der Waals surface area contributed by atoms with Gasteiger partial charge in [-0.1, -0.05) is 12.1 Å². The predicted octanol–water partition coefficient (Wildman–Crippen LogP) is 3.75. The van der Waals surface area contributed by atoms with Gasteiger partial charge in [0.2, 0.25) is 0 Å². The Hall–Kier alpha value is -2.13. The molecule has 1 aromatic carbocycles. The second-order valence-electron chi connectivity index (χ2n) is 5.21. The number of ether oxygens (including phenoxy) is 1. The number of aryl methyl sites for hydroxylation is 1. The Balaban J connectivity index is 2.26. The van der Waals surface area contributed by atoms with Gasteiger partial charge in [0, 0.05) is 12.3 Å². The third-order valence-electron chi connectivity index (χ3n) is 3.37. The lowest BCUT2D eigenvalue weighted by atomic mass is 10.2. The van der Waals surface area contributed by atoms with Crippen LogP contribution in [0.5, 0.6) is 0 Å². The maximum absolute atomic E-state index is 12.7. The summed E-state index contributed by atoms with van der Waals surface area (Å²) in [7, 11) is -4.19. The lowest BCUT2D eigenvalue weighted by molar-refractivity contribution is -0.137. The van der Waals surface area contributed by atoms with Crippen LogP contribution in [0.1, 0.15) is 23.7 Å². The van der Waals surface area contributed by atoms with Crippen LogP contribution in [0.2, 0.25) is 0 Å². The van der Waals surface area contributed by atoms with Crippen molar-refractivity contribution in [3.05, 3.63) is 53.2 Å². The number of alkyl halides is 3. The molecule has 0 radical (unpaired) electrons.